The number of carbonyl (C=O) groups excluding carboxylic acids is 1. The van der Waals surface area contributed by atoms with Gasteiger partial charge in [0.1, 0.15) is 5.75 Å². The number of carbonyl (C=O) groups is 1. The molecule has 0 aliphatic carbocycles. The van der Waals surface area contributed by atoms with Crippen molar-refractivity contribution in [1.29, 1.82) is 0 Å². The molecule has 2 amide bonds. The van der Waals surface area contributed by atoms with Crippen molar-refractivity contribution < 1.29 is 9.53 Å². The van der Waals surface area contributed by atoms with Crippen molar-refractivity contribution in [2.75, 3.05) is 14.2 Å². The van der Waals surface area contributed by atoms with E-state index in [-0.39, 0.29) is 6.03 Å². The average Bonchev–Trinajstić information content (AvgIpc) is 2.56. The van der Waals surface area contributed by atoms with Crippen molar-refractivity contribution in [1.82, 2.24) is 10.2 Å². The van der Waals surface area contributed by atoms with Crippen molar-refractivity contribution in [2.45, 2.75) is 6.54 Å². The molecular weight excluding hydrogens is 276 g/mol. The highest BCUT2D eigenvalue weighted by Gasteiger charge is 2.06. The van der Waals surface area contributed by atoms with Crippen LogP contribution in [0.1, 0.15) is 11.1 Å². The van der Waals surface area contributed by atoms with Gasteiger partial charge in [-0.25, -0.2) is 4.79 Å². The van der Waals surface area contributed by atoms with Gasteiger partial charge in [-0.1, -0.05) is 48.5 Å². The van der Waals surface area contributed by atoms with Crippen molar-refractivity contribution >= 4 is 12.1 Å². The highest BCUT2D eigenvalue weighted by atomic mass is 16.5. The van der Waals surface area contributed by atoms with E-state index in [9.17, 15) is 4.79 Å². The van der Waals surface area contributed by atoms with Crippen molar-refractivity contribution in [2.24, 2.45) is 0 Å². The van der Waals surface area contributed by atoms with Gasteiger partial charge in [0.15, 0.2) is 0 Å². The van der Waals surface area contributed by atoms with Crippen LogP contribution in [0.2, 0.25) is 0 Å². The summed E-state index contributed by atoms with van der Waals surface area (Å²) >= 11 is 0. The Hall–Kier alpha value is -2.75. The maximum atomic E-state index is 12.0. The first-order valence-corrected chi connectivity index (χ1v) is 7.06. The minimum Gasteiger partial charge on any atom is -0.496 e. The van der Waals surface area contributed by atoms with E-state index in [4.69, 9.17) is 4.74 Å². The third kappa shape index (κ3) is 4.38. The van der Waals surface area contributed by atoms with E-state index in [0.717, 1.165) is 16.9 Å². The zero-order valence-corrected chi connectivity index (χ0v) is 12.8. The molecule has 0 saturated carbocycles. The van der Waals surface area contributed by atoms with Crippen LogP contribution in [0, 0.1) is 0 Å². The maximum Gasteiger partial charge on any atom is 0.321 e. The number of nitrogens with zero attached hydrogens (tertiary/aromatic N) is 1. The Morgan fingerprint density at radius 3 is 2.55 bits per heavy atom. The monoisotopic (exact) mass is 296 g/mol. The Morgan fingerprint density at radius 1 is 1.14 bits per heavy atom. The van der Waals surface area contributed by atoms with Crippen LogP contribution in [0.15, 0.2) is 60.8 Å². The van der Waals surface area contributed by atoms with E-state index in [2.05, 4.69) is 5.32 Å². The number of methoxy groups -OCH3 is 1. The van der Waals surface area contributed by atoms with Gasteiger partial charge in [-0.3, -0.25) is 0 Å². The lowest BCUT2D eigenvalue weighted by atomic mass is 10.2. The van der Waals surface area contributed by atoms with E-state index in [0.29, 0.717) is 6.54 Å². The predicted octanol–water partition coefficient (Wildman–Crippen LogP) is 3.51. The molecule has 0 bridgehead atoms. The third-order valence-corrected chi connectivity index (χ3v) is 3.22. The number of hydrogen-bond acceptors (Lipinski definition) is 2. The van der Waals surface area contributed by atoms with Crippen molar-refractivity contribution in [3.63, 3.8) is 0 Å². The largest absolute Gasteiger partial charge is 0.496 e. The Kier molecular flexibility index (Phi) is 5.60. The lowest BCUT2D eigenvalue weighted by Crippen LogP contribution is -2.33. The smallest absolute Gasteiger partial charge is 0.321 e. The first kappa shape index (κ1) is 15.6. The van der Waals surface area contributed by atoms with Gasteiger partial charge in [0.25, 0.3) is 0 Å². The number of ether oxygens (including phenoxy) is 1. The SMILES string of the molecule is COc1ccccc1/C=C/NC(=O)N(C)Cc1ccccc1. The molecule has 2 aromatic rings. The molecule has 0 aromatic heterocycles. The molecule has 0 fully saturated rings. The van der Waals surface area contributed by atoms with Gasteiger partial charge in [-0.2, -0.15) is 0 Å². The Bertz CT molecular complexity index is 639. The molecule has 114 valence electrons. The average molecular weight is 296 g/mol. The normalized spacial score (nSPS) is 10.5. The van der Waals surface area contributed by atoms with E-state index < -0.39 is 0 Å². The fraction of sp³-hybridized carbons (Fsp3) is 0.167. The molecule has 0 radical (unpaired) electrons. The van der Waals surface area contributed by atoms with Crippen molar-refractivity contribution in [3.8, 4) is 5.75 Å². The van der Waals surface area contributed by atoms with E-state index >= 15 is 0 Å². The first-order chi connectivity index (χ1) is 10.7. The van der Waals surface area contributed by atoms with Crippen LogP contribution < -0.4 is 10.1 Å². The summed E-state index contributed by atoms with van der Waals surface area (Å²) in [6.45, 7) is 0.565. The minimum absolute atomic E-state index is 0.157. The summed E-state index contributed by atoms with van der Waals surface area (Å²) in [5.74, 6) is 0.769. The molecule has 2 aromatic carbocycles. The fourth-order valence-corrected chi connectivity index (χ4v) is 2.05. The highest BCUT2D eigenvalue weighted by molar-refractivity contribution is 5.76. The number of urea groups is 1. The first-order valence-electron chi connectivity index (χ1n) is 7.06. The molecule has 0 heterocycles. The van der Waals surface area contributed by atoms with Crippen LogP contribution in [0.25, 0.3) is 6.08 Å². The van der Waals surface area contributed by atoms with Crippen LogP contribution >= 0.6 is 0 Å². The summed E-state index contributed by atoms with van der Waals surface area (Å²) in [5, 5.41) is 2.75. The molecule has 4 heteroatoms. The second-order valence-electron chi connectivity index (χ2n) is 4.87. The van der Waals surface area contributed by atoms with Gasteiger partial charge in [0, 0.05) is 25.4 Å². The zero-order chi connectivity index (χ0) is 15.8. The summed E-state index contributed by atoms with van der Waals surface area (Å²) in [6, 6.07) is 17.3. The van der Waals surface area contributed by atoms with E-state index in [1.807, 2.05) is 60.7 Å². The number of amides is 2. The van der Waals surface area contributed by atoms with Gasteiger partial charge in [-0.05, 0) is 17.7 Å². The lowest BCUT2D eigenvalue weighted by Gasteiger charge is -2.16. The van der Waals surface area contributed by atoms with Gasteiger partial charge < -0.3 is 15.0 Å². The van der Waals surface area contributed by atoms with E-state index in [1.54, 1.807) is 25.3 Å². The lowest BCUT2D eigenvalue weighted by molar-refractivity contribution is 0.211. The number of nitrogens with one attached hydrogen (secondary N) is 1. The van der Waals surface area contributed by atoms with E-state index in [1.165, 1.54) is 0 Å². The minimum atomic E-state index is -0.157. The third-order valence-electron chi connectivity index (χ3n) is 3.22. The Labute approximate surface area is 131 Å². The molecule has 0 saturated heterocycles. The maximum absolute atomic E-state index is 12.0. The number of para-hydroxylation sites is 1. The quantitative estimate of drug-likeness (QED) is 0.917. The van der Waals surface area contributed by atoms with Crippen LogP contribution in [0.5, 0.6) is 5.75 Å². The predicted molar refractivity (Wildman–Crippen MR) is 88.5 cm³/mol. The molecule has 22 heavy (non-hydrogen) atoms. The Balaban J connectivity index is 1.90. The summed E-state index contributed by atoms with van der Waals surface area (Å²) < 4.78 is 5.25. The summed E-state index contributed by atoms with van der Waals surface area (Å²) in [7, 11) is 3.39. The van der Waals surface area contributed by atoms with Gasteiger partial charge in [0.2, 0.25) is 0 Å². The molecule has 0 aliphatic rings. The summed E-state index contributed by atoms with van der Waals surface area (Å²) in [4.78, 5) is 13.7. The summed E-state index contributed by atoms with van der Waals surface area (Å²) in [6.07, 6.45) is 3.44. The second-order valence-corrected chi connectivity index (χ2v) is 4.87. The summed E-state index contributed by atoms with van der Waals surface area (Å²) in [5.41, 5.74) is 2.00. The van der Waals surface area contributed by atoms with Gasteiger partial charge >= 0.3 is 6.03 Å². The molecule has 0 atom stereocenters. The highest BCUT2D eigenvalue weighted by Crippen LogP contribution is 2.18. The van der Waals surface area contributed by atoms with Gasteiger partial charge in [0.05, 0.1) is 7.11 Å². The molecule has 4 nitrogen and oxygen atoms in total. The second kappa shape index (κ2) is 7.88. The van der Waals surface area contributed by atoms with Crippen LogP contribution in [-0.4, -0.2) is 25.1 Å². The van der Waals surface area contributed by atoms with Crippen molar-refractivity contribution in [3.05, 3.63) is 71.9 Å². The fourth-order valence-electron chi connectivity index (χ4n) is 2.05. The number of rotatable bonds is 5. The van der Waals surface area contributed by atoms with Crippen LogP contribution in [0.3, 0.4) is 0 Å². The molecule has 0 spiro atoms. The molecule has 0 aliphatic heterocycles. The van der Waals surface area contributed by atoms with Crippen LogP contribution in [0.4, 0.5) is 4.79 Å². The number of benzene rings is 2. The number of hydrogen-bond donors (Lipinski definition) is 1. The molecule has 0 unspecified atom stereocenters. The standard InChI is InChI=1S/C18H20N2O2/c1-20(14-15-8-4-3-5-9-15)18(21)19-13-12-16-10-6-7-11-17(16)22-2/h3-13H,14H2,1-2H3,(H,19,21)/b13-12+. The molecule has 2 rings (SSSR count). The van der Waals surface area contributed by atoms with Gasteiger partial charge in [-0.15, -0.1) is 0 Å². The molecular formula is C18H20N2O2. The topological polar surface area (TPSA) is 41.6 Å². The molecule has 1 N–H and O–H groups in total. The Morgan fingerprint density at radius 2 is 1.82 bits per heavy atom. The van der Waals surface area contributed by atoms with Crippen LogP contribution in [-0.2, 0) is 6.54 Å². The zero-order valence-electron chi connectivity index (χ0n) is 12.8.